The molecule has 0 radical (unpaired) electrons. The zero-order valence-electron chi connectivity index (χ0n) is 17.9. The van der Waals surface area contributed by atoms with Crippen molar-refractivity contribution >= 4 is 36.9 Å². The van der Waals surface area contributed by atoms with E-state index in [0.29, 0.717) is 17.2 Å². The quantitative estimate of drug-likeness (QED) is 0.238. The average molecular weight is 440 g/mol. The van der Waals surface area contributed by atoms with Gasteiger partial charge < -0.3 is 10.5 Å². The molecule has 0 heterocycles. The van der Waals surface area contributed by atoms with Crippen molar-refractivity contribution in [1.82, 2.24) is 0 Å². The molecule has 0 spiro atoms. The highest BCUT2D eigenvalue weighted by atomic mass is 32.1. The van der Waals surface area contributed by atoms with Gasteiger partial charge >= 0.3 is 5.97 Å². The largest absolute Gasteiger partial charge is 0.466 e. The van der Waals surface area contributed by atoms with Gasteiger partial charge in [0.15, 0.2) is 0 Å². The van der Waals surface area contributed by atoms with E-state index in [2.05, 4.69) is 37.4 Å². The molecule has 3 aromatic carbocycles. The number of hydrogen-bond donors (Lipinski definition) is 3. The van der Waals surface area contributed by atoms with E-state index in [0.717, 1.165) is 38.3 Å². The van der Waals surface area contributed by atoms with Crippen LogP contribution < -0.4 is 5.73 Å². The van der Waals surface area contributed by atoms with Gasteiger partial charge in [0, 0.05) is 15.4 Å². The zero-order valence-corrected chi connectivity index (χ0v) is 19.7. The number of aryl methyl sites for hydroxylation is 1. The molecule has 0 saturated heterocycles. The zero-order chi connectivity index (χ0) is 22.3. The molecular weight excluding hydrogens is 410 g/mol. The molecule has 0 amide bonds. The third-order valence-electron chi connectivity index (χ3n) is 4.55. The lowest BCUT2D eigenvalue weighted by Gasteiger charge is -2.16. The van der Waals surface area contributed by atoms with Crippen LogP contribution in [0.15, 0.2) is 64.4 Å². The number of nitrogen functional groups attached to an aromatic ring is 1. The van der Waals surface area contributed by atoms with Gasteiger partial charge in [-0.15, -0.1) is 25.3 Å². The molecule has 3 aromatic rings. The number of nitrogens with two attached hydrogens (primary N) is 1. The molecule has 0 aromatic heterocycles. The summed E-state index contributed by atoms with van der Waals surface area (Å²) in [5.74, 6) is -0.248. The number of carbonyl (C=O) groups is 1. The average Bonchev–Trinajstić information content (AvgIpc) is 2.72. The Hall–Kier alpha value is -2.37. The van der Waals surface area contributed by atoms with Gasteiger partial charge in [-0.2, -0.15) is 0 Å². The summed E-state index contributed by atoms with van der Waals surface area (Å²) in [6.07, 6.45) is 0.212. The first kappa shape index (κ1) is 23.9. The minimum atomic E-state index is -0.248. The number of benzene rings is 3. The van der Waals surface area contributed by atoms with Crippen LogP contribution in [0, 0.1) is 6.92 Å². The summed E-state index contributed by atoms with van der Waals surface area (Å²) in [5.41, 5.74) is 12.8. The highest BCUT2D eigenvalue weighted by Gasteiger charge is 2.15. The standard InChI is InChI=1S/C23H23NO2S2.C2H6/c1-3-26-22(25)13-15-8-10-16(17-9-7-14(2)11-21(17)28)19(12-15)18-5-4-6-20(27)23(18)24;1-2/h4-12,27-28H,3,13,24H2,1-2H3;1-2H3. The maximum Gasteiger partial charge on any atom is 0.310 e. The Bertz CT molecular complexity index is 1030. The van der Waals surface area contributed by atoms with Crippen LogP contribution >= 0.6 is 25.3 Å². The minimum absolute atomic E-state index is 0.212. The number of rotatable bonds is 5. The Balaban J connectivity index is 0.00000155. The van der Waals surface area contributed by atoms with E-state index in [4.69, 9.17) is 10.5 Å². The molecule has 30 heavy (non-hydrogen) atoms. The highest BCUT2D eigenvalue weighted by Crippen LogP contribution is 2.40. The van der Waals surface area contributed by atoms with E-state index in [1.54, 1.807) is 6.92 Å². The summed E-state index contributed by atoms with van der Waals surface area (Å²) in [5, 5.41) is 0. The van der Waals surface area contributed by atoms with Crippen molar-refractivity contribution in [3.05, 3.63) is 65.7 Å². The van der Waals surface area contributed by atoms with Crippen LogP contribution in [0.3, 0.4) is 0 Å². The van der Waals surface area contributed by atoms with Gasteiger partial charge in [0.25, 0.3) is 0 Å². The van der Waals surface area contributed by atoms with Crippen molar-refractivity contribution in [3.8, 4) is 22.3 Å². The van der Waals surface area contributed by atoms with Crippen molar-refractivity contribution in [3.63, 3.8) is 0 Å². The first-order valence-electron chi connectivity index (χ1n) is 10.1. The van der Waals surface area contributed by atoms with E-state index in [-0.39, 0.29) is 12.4 Å². The van der Waals surface area contributed by atoms with Gasteiger partial charge in [-0.25, -0.2) is 0 Å². The second kappa shape index (κ2) is 11.1. The van der Waals surface area contributed by atoms with Crippen molar-refractivity contribution in [2.24, 2.45) is 0 Å². The van der Waals surface area contributed by atoms with Gasteiger partial charge in [-0.3, -0.25) is 4.79 Å². The maximum atomic E-state index is 12.0. The second-order valence-electron chi connectivity index (χ2n) is 6.62. The number of esters is 1. The summed E-state index contributed by atoms with van der Waals surface area (Å²) in [6.45, 7) is 8.21. The van der Waals surface area contributed by atoms with E-state index in [1.807, 2.05) is 63.2 Å². The van der Waals surface area contributed by atoms with Crippen LogP contribution in [0.4, 0.5) is 5.69 Å². The van der Waals surface area contributed by atoms with Gasteiger partial charge in [0.2, 0.25) is 0 Å². The van der Waals surface area contributed by atoms with Gasteiger partial charge in [-0.1, -0.05) is 50.2 Å². The Morgan fingerprint density at radius 2 is 1.60 bits per heavy atom. The molecule has 0 saturated carbocycles. The second-order valence-corrected chi connectivity index (χ2v) is 7.58. The minimum Gasteiger partial charge on any atom is -0.466 e. The normalized spacial score (nSPS) is 10.2. The van der Waals surface area contributed by atoms with E-state index in [9.17, 15) is 4.79 Å². The van der Waals surface area contributed by atoms with Gasteiger partial charge in [0.1, 0.15) is 0 Å². The number of anilines is 1. The van der Waals surface area contributed by atoms with Crippen molar-refractivity contribution in [1.29, 1.82) is 0 Å². The van der Waals surface area contributed by atoms with Crippen LogP contribution in [-0.4, -0.2) is 12.6 Å². The molecule has 158 valence electrons. The molecule has 0 unspecified atom stereocenters. The van der Waals surface area contributed by atoms with Crippen LogP contribution in [0.5, 0.6) is 0 Å². The van der Waals surface area contributed by atoms with Gasteiger partial charge in [0.05, 0.1) is 18.7 Å². The molecule has 0 fully saturated rings. The summed E-state index contributed by atoms with van der Waals surface area (Å²) in [7, 11) is 0. The number of ether oxygens (including phenoxy) is 1. The first-order valence-corrected chi connectivity index (χ1v) is 11.0. The Kier molecular flexibility index (Phi) is 8.88. The lowest BCUT2D eigenvalue weighted by atomic mass is 9.91. The monoisotopic (exact) mass is 439 g/mol. The number of hydrogen-bond acceptors (Lipinski definition) is 5. The molecule has 3 rings (SSSR count). The number of carbonyl (C=O) groups excluding carboxylic acids is 1. The predicted octanol–water partition coefficient (Wildman–Crippen LogP) is 6.62. The van der Waals surface area contributed by atoms with Gasteiger partial charge in [-0.05, 0) is 59.9 Å². The van der Waals surface area contributed by atoms with E-state index >= 15 is 0 Å². The summed E-state index contributed by atoms with van der Waals surface area (Å²) < 4.78 is 5.09. The fourth-order valence-electron chi connectivity index (χ4n) is 3.20. The van der Waals surface area contributed by atoms with Crippen LogP contribution in [0.25, 0.3) is 22.3 Å². The molecule has 0 bridgehead atoms. The molecule has 0 aliphatic heterocycles. The fraction of sp³-hybridized carbons (Fsp3) is 0.240. The van der Waals surface area contributed by atoms with Crippen LogP contribution in [0.2, 0.25) is 0 Å². The smallest absolute Gasteiger partial charge is 0.310 e. The van der Waals surface area contributed by atoms with Crippen molar-refractivity contribution in [2.75, 3.05) is 12.3 Å². The first-order chi connectivity index (χ1) is 14.4. The fourth-order valence-corrected chi connectivity index (χ4v) is 3.80. The third-order valence-corrected chi connectivity index (χ3v) is 5.31. The van der Waals surface area contributed by atoms with Crippen molar-refractivity contribution < 1.29 is 9.53 Å². The molecule has 3 nitrogen and oxygen atoms in total. The Labute approximate surface area is 190 Å². The van der Waals surface area contributed by atoms with E-state index in [1.165, 1.54) is 0 Å². The van der Waals surface area contributed by atoms with Crippen molar-refractivity contribution in [2.45, 2.75) is 43.9 Å². The molecule has 2 N–H and O–H groups in total. The molecule has 0 atom stereocenters. The number of thiol groups is 2. The summed E-state index contributed by atoms with van der Waals surface area (Å²) in [4.78, 5) is 13.6. The SMILES string of the molecule is CC.CCOC(=O)Cc1ccc(-c2ccc(C)cc2S)c(-c2cccc(S)c2N)c1. The summed E-state index contributed by atoms with van der Waals surface area (Å²) >= 11 is 9.14. The number of para-hydroxylation sites is 1. The maximum absolute atomic E-state index is 12.0. The van der Waals surface area contributed by atoms with E-state index < -0.39 is 0 Å². The summed E-state index contributed by atoms with van der Waals surface area (Å²) in [6, 6.07) is 17.9. The third kappa shape index (κ3) is 5.61. The lowest BCUT2D eigenvalue weighted by Crippen LogP contribution is -2.07. The molecule has 0 aliphatic rings. The molecular formula is C25H29NO2S2. The topological polar surface area (TPSA) is 52.3 Å². The van der Waals surface area contributed by atoms with Crippen LogP contribution in [0.1, 0.15) is 31.9 Å². The molecule has 0 aliphatic carbocycles. The molecule has 5 heteroatoms. The Morgan fingerprint density at radius 3 is 2.27 bits per heavy atom. The predicted molar refractivity (Wildman–Crippen MR) is 133 cm³/mol. The lowest BCUT2D eigenvalue weighted by molar-refractivity contribution is -0.142. The Morgan fingerprint density at radius 1 is 0.900 bits per heavy atom. The van der Waals surface area contributed by atoms with Crippen LogP contribution in [-0.2, 0) is 16.0 Å². The highest BCUT2D eigenvalue weighted by molar-refractivity contribution is 7.80.